The van der Waals surface area contributed by atoms with Crippen LogP contribution in [0.1, 0.15) is 47.0 Å². The molecule has 3 aliphatic rings. The number of hydrogen-bond donors (Lipinski definition) is 0. The Morgan fingerprint density at radius 3 is 2.51 bits per heavy atom. The summed E-state index contributed by atoms with van der Waals surface area (Å²) in [6, 6.07) is 5.81. The van der Waals surface area contributed by atoms with E-state index >= 15 is 0 Å². The zero-order valence-corrected chi connectivity index (χ0v) is 24.1. The first-order chi connectivity index (χ1) is 19.6. The van der Waals surface area contributed by atoms with Gasteiger partial charge in [-0.15, -0.1) is 0 Å². The predicted octanol–water partition coefficient (Wildman–Crippen LogP) is 3.99. The molecule has 5 heterocycles. The van der Waals surface area contributed by atoms with Gasteiger partial charge in [-0.2, -0.15) is 5.10 Å². The van der Waals surface area contributed by atoms with Crippen molar-refractivity contribution in [2.24, 2.45) is 0 Å². The summed E-state index contributed by atoms with van der Waals surface area (Å²) in [7, 11) is 0. The first kappa shape index (κ1) is 27.1. The van der Waals surface area contributed by atoms with Gasteiger partial charge in [0.1, 0.15) is 23.1 Å². The highest BCUT2D eigenvalue weighted by molar-refractivity contribution is 5.80. The second-order valence-corrected chi connectivity index (χ2v) is 12.2. The van der Waals surface area contributed by atoms with Crippen molar-refractivity contribution in [1.82, 2.24) is 29.4 Å². The minimum atomic E-state index is -0.746. The normalized spacial score (nSPS) is 21.3. The van der Waals surface area contributed by atoms with Crippen LogP contribution >= 0.6 is 0 Å². The van der Waals surface area contributed by atoms with Gasteiger partial charge in [0.05, 0.1) is 18.3 Å². The summed E-state index contributed by atoms with van der Waals surface area (Å²) >= 11 is 0. The maximum atomic E-state index is 13.1. The fourth-order valence-corrected chi connectivity index (χ4v) is 5.15. The van der Waals surface area contributed by atoms with E-state index in [4.69, 9.17) is 19.2 Å². The number of amides is 2. The average Bonchev–Trinajstić information content (AvgIpc) is 3.51. The SMILES string of the molecule is CC(C)(C)OC(=O)N1CC[C@@](C)(OC(=O)N2CCN(c3ccn4ncc(-c5cccnc5OC5CC5)c4n3)CC2)C1. The third kappa shape index (κ3) is 6.01. The smallest absolute Gasteiger partial charge is 0.410 e. The Kier molecular flexibility index (Phi) is 6.87. The summed E-state index contributed by atoms with van der Waals surface area (Å²) in [5.74, 6) is 1.42. The molecule has 3 fully saturated rings. The summed E-state index contributed by atoms with van der Waals surface area (Å²) in [5.41, 5.74) is 1.14. The molecular weight excluding hydrogens is 526 g/mol. The summed E-state index contributed by atoms with van der Waals surface area (Å²) < 4.78 is 19.2. The fraction of sp³-hybridized carbons (Fsp3) is 0.552. The molecule has 2 saturated heterocycles. The molecule has 2 aliphatic heterocycles. The lowest BCUT2D eigenvalue weighted by Gasteiger charge is -2.36. The van der Waals surface area contributed by atoms with Crippen LogP contribution in [0.2, 0.25) is 0 Å². The molecule has 1 aliphatic carbocycles. The second kappa shape index (κ2) is 10.4. The molecule has 3 aromatic heterocycles. The minimum absolute atomic E-state index is 0.233. The summed E-state index contributed by atoms with van der Waals surface area (Å²) in [4.78, 5) is 40.4. The van der Waals surface area contributed by atoms with E-state index in [-0.39, 0.29) is 18.3 Å². The molecule has 0 unspecified atom stereocenters. The largest absolute Gasteiger partial charge is 0.474 e. The van der Waals surface area contributed by atoms with Crippen molar-refractivity contribution in [3.05, 3.63) is 36.8 Å². The van der Waals surface area contributed by atoms with E-state index < -0.39 is 11.2 Å². The monoisotopic (exact) mass is 563 g/mol. The van der Waals surface area contributed by atoms with Crippen LogP contribution in [0.4, 0.5) is 15.4 Å². The first-order valence-corrected chi connectivity index (χ1v) is 14.2. The van der Waals surface area contributed by atoms with Crippen molar-refractivity contribution < 1.29 is 23.8 Å². The maximum absolute atomic E-state index is 13.1. The van der Waals surface area contributed by atoms with Gasteiger partial charge < -0.3 is 28.9 Å². The Bertz CT molecular complexity index is 1440. The molecule has 0 aromatic carbocycles. The first-order valence-electron chi connectivity index (χ1n) is 14.2. The van der Waals surface area contributed by atoms with Crippen LogP contribution in [0.25, 0.3) is 16.8 Å². The molecule has 6 rings (SSSR count). The number of anilines is 1. The van der Waals surface area contributed by atoms with Crippen molar-refractivity contribution in [3.8, 4) is 17.0 Å². The molecule has 1 atom stereocenters. The van der Waals surface area contributed by atoms with Gasteiger partial charge in [-0.3, -0.25) is 0 Å². The van der Waals surface area contributed by atoms with Crippen molar-refractivity contribution in [2.45, 2.75) is 64.3 Å². The number of nitrogens with zero attached hydrogens (tertiary/aromatic N) is 7. The van der Waals surface area contributed by atoms with Crippen molar-refractivity contribution >= 4 is 23.7 Å². The molecular formula is C29H37N7O5. The number of rotatable bonds is 5. The van der Waals surface area contributed by atoms with Gasteiger partial charge in [0.2, 0.25) is 5.88 Å². The number of aromatic nitrogens is 4. The van der Waals surface area contributed by atoms with Crippen LogP contribution < -0.4 is 9.64 Å². The molecule has 41 heavy (non-hydrogen) atoms. The van der Waals surface area contributed by atoms with E-state index in [9.17, 15) is 9.59 Å². The average molecular weight is 564 g/mol. The molecule has 0 radical (unpaired) electrons. The van der Waals surface area contributed by atoms with E-state index in [2.05, 4.69) is 15.0 Å². The molecule has 0 N–H and O–H groups in total. The maximum Gasteiger partial charge on any atom is 0.410 e. The summed E-state index contributed by atoms with van der Waals surface area (Å²) in [6.07, 6.45) is 7.60. The number of carbonyl (C=O) groups excluding carboxylic acids is 2. The third-order valence-electron chi connectivity index (χ3n) is 7.50. The van der Waals surface area contributed by atoms with Crippen molar-refractivity contribution in [3.63, 3.8) is 0 Å². The van der Waals surface area contributed by atoms with Gasteiger partial charge in [-0.1, -0.05) is 0 Å². The molecule has 218 valence electrons. The quantitative estimate of drug-likeness (QED) is 0.454. The molecule has 12 nitrogen and oxygen atoms in total. The van der Waals surface area contributed by atoms with Gasteiger partial charge in [0, 0.05) is 57.1 Å². The van der Waals surface area contributed by atoms with Gasteiger partial charge in [-0.05, 0) is 58.7 Å². The summed E-state index contributed by atoms with van der Waals surface area (Å²) in [6.45, 7) is 10.4. The Labute approximate surface area is 239 Å². The highest BCUT2D eigenvalue weighted by atomic mass is 16.6. The topological polar surface area (TPSA) is 115 Å². The van der Waals surface area contributed by atoms with Crippen LogP contribution in [0.3, 0.4) is 0 Å². The van der Waals surface area contributed by atoms with E-state index in [1.807, 2.05) is 52.1 Å². The van der Waals surface area contributed by atoms with Crippen LogP contribution in [0.5, 0.6) is 5.88 Å². The van der Waals surface area contributed by atoms with Gasteiger partial charge in [0.25, 0.3) is 0 Å². The molecule has 2 amide bonds. The van der Waals surface area contributed by atoms with Gasteiger partial charge in [-0.25, -0.2) is 24.1 Å². The van der Waals surface area contributed by atoms with Gasteiger partial charge in [0.15, 0.2) is 5.65 Å². The highest BCUT2D eigenvalue weighted by Crippen LogP contribution is 2.35. The number of piperazine rings is 1. The number of pyridine rings is 1. The number of likely N-dealkylation sites (tertiary alicyclic amines) is 1. The highest BCUT2D eigenvalue weighted by Gasteiger charge is 2.42. The lowest BCUT2D eigenvalue weighted by molar-refractivity contribution is -0.00147. The van der Waals surface area contributed by atoms with E-state index in [1.165, 1.54) is 0 Å². The number of hydrogen-bond acceptors (Lipinski definition) is 9. The van der Waals surface area contributed by atoms with E-state index in [1.54, 1.807) is 26.7 Å². The number of carbonyl (C=O) groups is 2. The molecule has 0 bridgehead atoms. The van der Waals surface area contributed by atoms with Crippen LogP contribution in [0.15, 0.2) is 36.8 Å². The lowest BCUT2D eigenvalue weighted by atomic mass is 10.1. The number of fused-ring (bicyclic) bond motifs is 1. The summed E-state index contributed by atoms with van der Waals surface area (Å²) in [5, 5.41) is 4.49. The van der Waals surface area contributed by atoms with Crippen LogP contribution in [-0.2, 0) is 9.47 Å². The van der Waals surface area contributed by atoms with E-state index in [0.29, 0.717) is 51.6 Å². The standard InChI is InChI=1S/C29H37N7O5/c1-28(2,3)40-27(38)35-13-10-29(4,19-35)41-26(37)34-16-14-33(15-17-34)23-9-12-36-24(32-23)22(18-31-36)21-6-5-11-30-25(21)39-20-7-8-20/h5-6,9,11-12,18,20H,7-8,10,13-17,19H2,1-4H3/t29-/m1/s1. The Morgan fingerprint density at radius 2 is 1.78 bits per heavy atom. The molecule has 3 aromatic rings. The fourth-order valence-electron chi connectivity index (χ4n) is 5.15. The third-order valence-corrected chi connectivity index (χ3v) is 7.50. The van der Waals surface area contributed by atoms with Gasteiger partial charge >= 0.3 is 12.2 Å². The van der Waals surface area contributed by atoms with Crippen LogP contribution in [-0.4, -0.2) is 98.1 Å². The zero-order chi connectivity index (χ0) is 28.8. The Morgan fingerprint density at radius 1 is 1.00 bits per heavy atom. The minimum Gasteiger partial charge on any atom is -0.474 e. The second-order valence-electron chi connectivity index (χ2n) is 12.2. The molecule has 1 saturated carbocycles. The Balaban J connectivity index is 1.08. The molecule has 12 heteroatoms. The predicted molar refractivity (Wildman–Crippen MR) is 151 cm³/mol. The lowest BCUT2D eigenvalue weighted by Crippen LogP contribution is -2.51. The number of ether oxygens (including phenoxy) is 3. The van der Waals surface area contributed by atoms with Crippen LogP contribution in [0, 0.1) is 0 Å². The van der Waals surface area contributed by atoms with Crippen molar-refractivity contribution in [2.75, 3.05) is 44.2 Å². The Hall–Kier alpha value is -4.09. The zero-order valence-electron chi connectivity index (χ0n) is 24.1. The van der Waals surface area contributed by atoms with Crippen molar-refractivity contribution in [1.29, 1.82) is 0 Å². The molecule has 0 spiro atoms. The van der Waals surface area contributed by atoms with E-state index in [0.717, 1.165) is 35.4 Å².